The minimum Gasteiger partial charge on any atom is -0.269 e. The van der Waals surface area contributed by atoms with E-state index in [1.54, 1.807) is 0 Å². The molecule has 0 atom stereocenters. The Balaban J connectivity index is 2.81. The van der Waals surface area contributed by atoms with E-state index in [0.29, 0.717) is 5.82 Å². The van der Waals surface area contributed by atoms with E-state index < -0.39 is 0 Å². The summed E-state index contributed by atoms with van der Waals surface area (Å²) < 4.78 is 0. The zero-order valence-corrected chi connectivity index (χ0v) is 6.76. The third kappa shape index (κ3) is 1.81. The van der Waals surface area contributed by atoms with Gasteiger partial charge in [-0.2, -0.15) is 0 Å². The molecule has 1 rings (SSSR count). The number of hydrogen-bond acceptors (Lipinski definition) is 4. The summed E-state index contributed by atoms with van der Waals surface area (Å²) >= 11 is 0. The van der Waals surface area contributed by atoms with Gasteiger partial charge in [-0.25, -0.2) is 16.0 Å². The van der Waals surface area contributed by atoms with E-state index in [0.717, 1.165) is 11.4 Å². The van der Waals surface area contributed by atoms with Crippen LogP contribution in [-0.4, -0.2) is 11.0 Å². The van der Waals surface area contributed by atoms with Crippen molar-refractivity contribution >= 4 is 5.84 Å². The lowest BCUT2D eigenvalue weighted by Gasteiger charge is -2.10. The van der Waals surface area contributed by atoms with Crippen LogP contribution in [0.3, 0.4) is 0 Å². The summed E-state index contributed by atoms with van der Waals surface area (Å²) in [6, 6.07) is 0. The second-order valence-corrected chi connectivity index (χ2v) is 2.53. The maximum Gasteiger partial charge on any atom is 0.166 e. The lowest BCUT2D eigenvalue weighted by Crippen LogP contribution is -2.39. The number of nitrogens with one attached hydrogen (secondary N) is 1. The van der Waals surface area contributed by atoms with Crippen LogP contribution in [-0.2, 0) is 0 Å². The maximum atomic E-state index is 5.52. The van der Waals surface area contributed by atoms with Crippen LogP contribution in [0.25, 0.3) is 0 Å². The topological polar surface area (TPSA) is 53.7 Å². The van der Waals surface area contributed by atoms with Gasteiger partial charge in [-0.15, -0.1) is 0 Å². The van der Waals surface area contributed by atoms with Crippen molar-refractivity contribution in [2.45, 2.75) is 13.8 Å². The van der Waals surface area contributed by atoms with Gasteiger partial charge in [0.25, 0.3) is 0 Å². The number of nitrogens with two attached hydrogens (primary N) is 1. The summed E-state index contributed by atoms with van der Waals surface area (Å²) in [5.41, 5.74) is 3.75. The second kappa shape index (κ2) is 2.75. The smallest absolute Gasteiger partial charge is 0.166 e. The second-order valence-electron chi connectivity index (χ2n) is 2.53. The fraction of sp³-hybridized carbons (Fsp3) is 0.286. The third-order valence-electron chi connectivity index (χ3n) is 1.19. The van der Waals surface area contributed by atoms with Crippen LogP contribution in [0.5, 0.6) is 0 Å². The molecule has 4 heteroatoms. The zero-order chi connectivity index (χ0) is 8.43. The lowest BCUT2D eigenvalue weighted by atomic mass is 10.3. The molecule has 0 aromatic heterocycles. The summed E-state index contributed by atoms with van der Waals surface area (Å²) in [4.78, 5) is 4.12. The number of allylic oxidation sites excluding steroid dienone is 2. The highest BCUT2D eigenvalue weighted by molar-refractivity contribution is 5.81. The van der Waals surface area contributed by atoms with Gasteiger partial charge in [-0.1, -0.05) is 12.2 Å². The van der Waals surface area contributed by atoms with E-state index in [1.165, 1.54) is 5.12 Å². The first-order chi connectivity index (χ1) is 5.09. The molecule has 3 N–H and O–H groups in total. The first kappa shape index (κ1) is 7.81. The molecule has 0 aromatic carbocycles. The molecule has 1 aliphatic rings. The summed E-state index contributed by atoms with van der Waals surface area (Å²) in [6.45, 7) is 7.46. The zero-order valence-electron chi connectivity index (χ0n) is 6.76. The monoisotopic (exact) mass is 152 g/mol. The van der Waals surface area contributed by atoms with Crippen molar-refractivity contribution < 1.29 is 0 Å². The van der Waals surface area contributed by atoms with Crippen molar-refractivity contribution in [2.75, 3.05) is 0 Å². The van der Waals surface area contributed by atoms with E-state index in [2.05, 4.69) is 17.0 Å². The van der Waals surface area contributed by atoms with Gasteiger partial charge in [0, 0.05) is 0 Å². The lowest BCUT2D eigenvalue weighted by molar-refractivity contribution is 0.333. The van der Waals surface area contributed by atoms with Gasteiger partial charge in [0.2, 0.25) is 0 Å². The van der Waals surface area contributed by atoms with Crippen molar-refractivity contribution in [3.63, 3.8) is 0 Å². The largest absolute Gasteiger partial charge is 0.269 e. The van der Waals surface area contributed by atoms with Gasteiger partial charge in [-0.05, 0) is 19.9 Å². The molecule has 1 aliphatic heterocycles. The Morgan fingerprint density at radius 1 is 1.82 bits per heavy atom. The molecule has 0 fully saturated rings. The summed E-state index contributed by atoms with van der Waals surface area (Å²) in [6.07, 6.45) is 1.81. The molecule has 60 valence electrons. The number of aliphatic imine (C=N–C) groups is 1. The van der Waals surface area contributed by atoms with Gasteiger partial charge in [0.1, 0.15) is 5.84 Å². The average Bonchev–Trinajstić information content (AvgIpc) is 2.09. The number of hydrazine groups is 2. The number of rotatable bonds is 1. The van der Waals surface area contributed by atoms with Crippen LogP contribution in [0.15, 0.2) is 29.0 Å². The van der Waals surface area contributed by atoms with E-state index in [9.17, 15) is 0 Å². The van der Waals surface area contributed by atoms with Crippen molar-refractivity contribution in [3.05, 3.63) is 24.0 Å². The van der Waals surface area contributed by atoms with E-state index in [1.807, 2.05) is 19.9 Å². The van der Waals surface area contributed by atoms with Crippen LogP contribution < -0.4 is 11.3 Å². The van der Waals surface area contributed by atoms with Crippen LogP contribution in [0, 0.1) is 0 Å². The van der Waals surface area contributed by atoms with Gasteiger partial charge in [-0.3, -0.25) is 5.43 Å². The first-order valence-corrected chi connectivity index (χ1v) is 3.33. The van der Waals surface area contributed by atoms with Crippen LogP contribution in [0.1, 0.15) is 13.8 Å². The Kier molecular flexibility index (Phi) is 1.96. The van der Waals surface area contributed by atoms with Gasteiger partial charge in [0.15, 0.2) is 5.82 Å². The van der Waals surface area contributed by atoms with E-state index >= 15 is 0 Å². The molecule has 0 bridgehead atoms. The van der Waals surface area contributed by atoms with Crippen molar-refractivity contribution in [2.24, 2.45) is 10.8 Å². The van der Waals surface area contributed by atoms with Crippen LogP contribution in [0.2, 0.25) is 0 Å². The Morgan fingerprint density at radius 2 is 2.45 bits per heavy atom. The fourth-order valence-corrected chi connectivity index (χ4v) is 0.804. The predicted octanol–water partition coefficient (Wildman–Crippen LogP) is 0.516. The Labute approximate surface area is 66.0 Å². The van der Waals surface area contributed by atoms with Crippen molar-refractivity contribution in [1.29, 1.82) is 0 Å². The number of nitrogens with zero attached hydrogens (tertiary/aromatic N) is 2. The first-order valence-electron chi connectivity index (χ1n) is 3.33. The molecule has 0 aromatic rings. The van der Waals surface area contributed by atoms with E-state index in [4.69, 9.17) is 5.84 Å². The molecule has 11 heavy (non-hydrogen) atoms. The third-order valence-corrected chi connectivity index (χ3v) is 1.19. The molecule has 0 aliphatic carbocycles. The fourth-order valence-electron chi connectivity index (χ4n) is 0.804. The average molecular weight is 152 g/mol. The van der Waals surface area contributed by atoms with Crippen molar-refractivity contribution in [3.8, 4) is 0 Å². The minimum absolute atomic E-state index is 0.690. The SMILES string of the molecule is C=C(C)/C=C1/N=C(C)NN1N. The summed E-state index contributed by atoms with van der Waals surface area (Å²) in [5, 5.41) is 1.37. The molecule has 0 unspecified atom stereocenters. The standard InChI is InChI=1S/C7H12N4/c1-5(2)4-7-9-6(3)10-11(7)8/h4H,1,8H2,2-3H3,(H,9,10)/b7-4-. The quantitative estimate of drug-likeness (QED) is 0.538. The van der Waals surface area contributed by atoms with Gasteiger partial charge < -0.3 is 0 Å². The highest BCUT2D eigenvalue weighted by Gasteiger charge is 2.11. The Morgan fingerprint density at radius 3 is 2.82 bits per heavy atom. The molecular formula is C7H12N4. The van der Waals surface area contributed by atoms with Gasteiger partial charge in [0.05, 0.1) is 0 Å². The summed E-state index contributed by atoms with van der Waals surface area (Å²) in [7, 11) is 0. The molecule has 0 saturated heterocycles. The molecule has 0 saturated carbocycles. The van der Waals surface area contributed by atoms with Crippen LogP contribution >= 0.6 is 0 Å². The highest BCUT2D eigenvalue weighted by atomic mass is 15.7. The molecule has 0 amide bonds. The van der Waals surface area contributed by atoms with E-state index in [-0.39, 0.29) is 0 Å². The predicted molar refractivity (Wildman–Crippen MR) is 45.2 cm³/mol. The molecule has 1 heterocycles. The minimum atomic E-state index is 0.690. The Bertz CT molecular complexity index is 239. The molecule has 0 spiro atoms. The molecule has 0 radical (unpaired) electrons. The number of hydrogen-bond donors (Lipinski definition) is 2. The Hall–Kier alpha value is -1.29. The van der Waals surface area contributed by atoms with Crippen molar-refractivity contribution in [1.82, 2.24) is 10.5 Å². The van der Waals surface area contributed by atoms with Gasteiger partial charge >= 0.3 is 0 Å². The normalized spacial score (nSPS) is 20.1. The maximum absolute atomic E-state index is 5.52. The van der Waals surface area contributed by atoms with Crippen LogP contribution in [0.4, 0.5) is 0 Å². The highest BCUT2D eigenvalue weighted by Crippen LogP contribution is 2.07. The molecular weight excluding hydrogens is 140 g/mol. The molecule has 4 nitrogen and oxygen atoms in total. The number of amidine groups is 1. The summed E-state index contributed by atoms with van der Waals surface area (Å²) in [5.74, 6) is 7.00.